The molecule has 1 heterocycles. The van der Waals surface area contributed by atoms with Crippen molar-refractivity contribution in [2.24, 2.45) is 0 Å². The van der Waals surface area contributed by atoms with E-state index in [4.69, 9.17) is 4.74 Å². The second kappa shape index (κ2) is 4.72. The summed E-state index contributed by atoms with van der Waals surface area (Å²) < 4.78 is 5.91. The summed E-state index contributed by atoms with van der Waals surface area (Å²) in [4.78, 5) is 0. The summed E-state index contributed by atoms with van der Waals surface area (Å²) in [6.45, 7) is 0.860. The Morgan fingerprint density at radius 1 is 0.765 bits per heavy atom. The maximum atomic E-state index is 5.91. The Morgan fingerprint density at radius 2 is 1.35 bits per heavy atom. The molecule has 2 aromatic rings. The summed E-state index contributed by atoms with van der Waals surface area (Å²) in [6, 6.07) is 21.2. The first-order chi connectivity index (χ1) is 8.45. The predicted molar refractivity (Wildman–Crippen MR) is 68.9 cm³/mol. The van der Waals surface area contributed by atoms with Gasteiger partial charge in [0.15, 0.2) is 0 Å². The molecule has 1 heteroatoms. The summed E-state index contributed by atoms with van der Waals surface area (Å²) in [5.41, 5.74) is 2.68. The number of benzene rings is 2. The van der Waals surface area contributed by atoms with Gasteiger partial charge in [0.2, 0.25) is 0 Å². The Hall–Kier alpha value is -1.60. The van der Waals surface area contributed by atoms with Crippen molar-refractivity contribution in [3.8, 4) is 0 Å². The Kier molecular flexibility index (Phi) is 2.93. The number of hydrogen-bond acceptors (Lipinski definition) is 1. The largest absolute Gasteiger partial charge is 0.373 e. The van der Waals surface area contributed by atoms with Gasteiger partial charge in [0, 0.05) is 12.5 Å². The molecule has 0 aromatic heterocycles. The van der Waals surface area contributed by atoms with Crippen LogP contribution in [-0.2, 0) is 4.74 Å². The fourth-order valence-corrected chi connectivity index (χ4v) is 2.60. The van der Waals surface area contributed by atoms with E-state index in [1.54, 1.807) is 0 Å². The first kappa shape index (κ1) is 10.5. The van der Waals surface area contributed by atoms with Gasteiger partial charge in [0.25, 0.3) is 0 Å². The predicted octanol–water partition coefficient (Wildman–Crippen LogP) is 3.93. The standard InChI is InChI=1S/C16H16O/c1-3-7-13(8-4-1)15-11-12-17-16(15)14-9-5-2-6-10-14/h1-10,15-16H,11-12H2/t15-,16-/m1/s1. The number of hydrogen-bond donors (Lipinski definition) is 0. The van der Waals surface area contributed by atoms with Crippen LogP contribution in [-0.4, -0.2) is 6.61 Å². The average molecular weight is 224 g/mol. The van der Waals surface area contributed by atoms with Crippen molar-refractivity contribution in [2.45, 2.75) is 18.4 Å². The third-order valence-electron chi connectivity index (χ3n) is 3.45. The fraction of sp³-hybridized carbons (Fsp3) is 0.250. The first-order valence-corrected chi connectivity index (χ1v) is 6.16. The minimum atomic E-state index is 0.221. The summed E-state index contributed by atoms with van der Waals surface area (Å²) in [7, 11) is 0. The summed E-state index contributed by atoms with van der Waals surface area (Å²) in [6.07, 6.45) is 1.34. The van der Waals surface area contributed by atoms with Gasteiger partial charge in [-0.1, -0.05) is 60.7 Å². The van der Waals surface area contributed by atoms with E-state index >= 15 is 0 Å². The molecule has 1 aliphatic rings. The van der Waals surface area contributed by atoms with E-state index < -0.39 is 0 Å². The molecule has 3 rings (SSSR count). The molecule has 0 amide bonds. The van der Waals surface area contributed by atoms with E-state index in [2.05, 4.69) is 60.7 Å². The van der Waals surface area contributed by atoms with Crippen LogP contribution < -0.4 is 0 Å². The molecule has 17 heavy (non-hydrogen) atoms. The van der Waals surface area contributed by atoms with E-state index in [-0.39, 0.29) is 6.10 Å². The zero-order valence-electron chi connectivity index (χ0n) is 9.75. The highest BCUT2D eigenvalue weighted by Crippen LogP contribution is 2.41. The molecule has 1 fully saturated rings. The maximum absolute atomic E-state index is 5.91. The van der Waals surface area contributed by atoms with Gasteiger partial charge >= 0.3 is 0 Å². The molecule has 1 aliphatic heterocycles. The van der Waals surface area contributed by atoms with Gasteiger partial charge in [-0.05, 0) is 17.5 Å². The topological polar surface area (TPSA) is 9.23 Å². The SMILES string of the molecule is c1ccc([C@H]2CCO[C@@H]2c2ccccc2)cc1. The van der Waals surface area contributed by atoms with Crippen LogP contribution in [0.3, 0.4) is 0 Å². The third kappa shape index (κ3) is 2.11. The molecule has 0 radical (unpaired) electrons. The molecule has 0 bridgehead atoms. The Labute approximate surface area is 102 Å². The van der Waals surface area contributed by atoms with Crippen molar-refractivity contribution < 1.29 is 4.74 Å². The van der Waals surface area contributed by atoms with Crippen molar-refractivity contribution in [2.75, 3.05) is 6.61 Å². The summed E-state index contributed by atoms with van der Waals surface area (Å²) >= 11 is 0. The highest BCUT2D eigenvalue weighted by molar-refractivity contribution is 5.28. The van der Waals surface area contributed by atoms with Crippen LogP contribution in [0, 0.1) is 0 Å². The first-order valence-electron chi connectivity index (χ1n) is 6.16. The molecular weight excluding hydrogens is 208 g/mol. The lowest BCUT2D eigenvalue weighted by Gasteiger charge is -2.19. The zero-order valence-corrected chi connectivity index (χ0v) is 9.75. The van der Waals surface area contributed by atoms with Gasteiger partial charge in [0.1, 0.15) is 0 Å². The second-order valence-corrected chi connectivity index (χ2v) is 4.51. The van der Waals surface area contributed by atoms with Gasteiger partial charge in [-0.3, -0.25) is 0 Å². The van der Waals surface area contributed by atoms with E-state index in [0.717, 1.165) is 13.0 Å². The van der Waals surface area contributed by atoms with Crippen LogP contribution in [0.15, 0.2) is 60.7 Å². The van der Waals surface area contributed by atoms with Crippen molar-refractivity contribution in [1.29, 1.82) is 0 Å². The molecule has 0 aliphatic carbocycles. The van der Waals surface area contributed by atoms with Gasteiger partial charge in [-0.15, -0.1) is 0 Å². The maximum Gasteiger partial charge on any atom is 0.0894 e. The smallest absolute Gasteiger partial charge is 0.0894 e. The lowest BCUT2D eigenvalue weighted by atomic mass is 9.89. The van der Waals surface area contributed by atoms with Gasteiger partial charge in [0.05, 0.1) is 6.10 Å². The van der Waals surface area contributed by atoms with E-state index in [9.17, 15) is 0 Å². The van der Waals surface area contributed by atoms with Gasteiger partial charge < -0.3 is 4.74 Å². The van der Waals surface area contributed by atoms with E-state index in [1.165, 1.54) is 11.1 Å². The van der Waals surface area contributed by atoms with E-state index in [1.807, 2.05) is 0 Å². The van der Waals surface area contributed by atoms with Crippen LogP contribution in [0.4, 0.5) is 0 Å². The van der Waals surface area contributed by atoms with Crippen LogP contribution >= 0.6 is 0 Å². The van der Waals surface area contributed by atoms with E-state index in [0.29, 0.717) is 5.92 Å². The molecule has 1 saturated heterocycles. The highest BCUT2D eigenvalue weighted by atomic mass is 16.5. The zero-order chi connectivity index (χ0) is 11.5. The Balaban J connectivity index is 1.91. The minimum Gasteiger partial charge on any atom is -0.373 e. The quantitative estimate of drug-likeness (QED) is 0.751. The second-order valence-electron chi connectivity index (χ2n) is 4.51. The van der Waals surface area contributed by atoms with Crippen molar-refractivity contribution in [1.82, 2.24) is 0 Å². The molecule has 1 nitrogen and oxygen atoms in total. The average Bonchev–Trinajstić information content (AvgIpc) is 2.90. The molecule has 2 aromatic carbocycles. The number of ether oxygens (including phenoxy) is 1. The molecule has 0 unspecified atom stereocenters. The van der Waals surface area contributed by atoms with Crippen LogP contribution in [0.2, 0.25) is 0 Å². The van der Waals surface area contributed by atoms with Crippen LogP contribution in [0.25, 0.3) is 0 Å². The lowest BCUT2D eigenvalue weighted by Crippen LogP contribution is -2.05. The van der Waals surface area contributed by atoms with Crippen LogP contribution in [0.1, 0.15) is 29.6 Å². The molecular formula is C16H16O. The van der Waals surface area contributed by atoms with Crippen molar-refractivity contribution >= 4 is 0 Å². The Morgan fingerprint density at radius 3 is 2.00 bits per heavy atom. The van der Waals surface area contributed by atoms with Crippen molar-refractivity contribution in [3.05, 3.63) is 71.8 Å². The molecule has 2 atom stereocenters. The fourth-order valence-electron chi connectivity index (χ4n) is 2.60. The summed E-state index contributed by atoms with van der Waals surface area (Å²) in [5.74, 6) is 0.499. The minimum absolute atomic E-state index is 0.221. The van der Waals surface area contributed by atoms with Crippen molar-refractivity contribution in [3.63, 3.8) is 0 Å². The Bertz CT molecular complexity index is 418. The molecule has 0 N–H and O–H groups in total. The lowest BCUT2D eigenvalue weighted by molar-refractivity contribution is 0.104. The third-order valence-corrected chi connectivity index (χ3v) is 3.45. The normalized spacial score (nSPS) is 23.8. The molecule has 0 spiro atoms. The number of rotatable bonds is 2. The van der Waals surface area contributed by atoms with Gasteiger partial charge in [-0.25, -0.2) is 0 Å². The van der Waals surface area contributed by atoms with Crippen LogP contribution in [0.5, 0.6) is 0 Å². The molecule has 0 saturated carbocycles. The van der Waals surface area contributed by atoms with Gasteiger partial charge in [-0.2, -0.15) is 0 Å². The highest BCUT2D eigenvalue weighted by Gasteiger charge is 2.30. The summed E-state index contributed by atoms with van der Waals surface area (Å²) in [5, 5.41) is 0. The monoisotopic (exact) mass is 224 g/mol. The molecule has 86 valence electrons.